The van der Waals surface area contributed by atoms with Crippen molar-refractivity contribution in [2.45, 2.75) is 19.9 Å². The van der Waals surface area contributed by atoms with Gasteiger partial charge in [0.15, 0.2) is 5.13 Å². The second-order valence-electron chi connectivity index (χ2n) is 7.12. The third-order valence-electron chi connectivity index (χ3n) is 4.53. The lowest BCUT2D eigenvalue weighted by Gasteiger charge is -2.09. The van der Waals surface area contributed by atoms with E-state index in [0.29, 0.717) is 16.5 Å². The van der Waals surface area contributed by atoms with E-state index in [1.54, 1.807) is 6.07 Å². The maximum Gasteiger partial charge on any atom is 0.267 e. The molecule has 0 atom stereocenters. The molecule has 0 unspecified atom stereocenters. The van der Waals surface area contributed by atoms with Gasteiger partial charge in [-0.2, -0.15) is 5.10 Å². The Morgan fingerprint density at radius 2 is 1.84 bits per heavy atom. The lowest BCUT2D eigenvalue weighted by Crippen LogP contribution is -2.23. The fraction of sp³-hybridized carbons (Fsp3) is 0.130. The number of halogens is 1. The third-order valence-corrected chi connectivity index (χ3v) is 5.52. The fourth-order valence-electron chi connectivity index (χ4n) is 3.05. The number of thiazole rings is 1. The van der Waals surface area contributed by atoms with Gasteiger partial charge in [-0.05, 0) is 38.1 Å². The molecule has 0 saturated carbocycles. The van der Waals surface area contributed by atoms with Crippen molar-refractivity contribution in [2.75, 3.05) is 5.32 Å². The highest BCUT2D eigenvalue weighted by Gasteiger charge is 2.19. The van der Waals surface area contributed by atoms with E-state index >= 15 is 0 Å². The van der Waals surface area contributed by atoms with Gasteiger partial charge >= 0.3 is 0 Å². The highest BCUT2D eigenvalue weighted by Crippen LogP contribution is 2.38. The lowest BCUT2D eigenvalue weighted by atomic mass is 10.1. The summed E-state index contributed by atoms with van der Waals surface area (Å²) in [6.07, 6.45) is 0. The van der Waals surface area contributed by atoms with Crippen molar-refractivity contribution < 1.29 is 9.18 Å². The molecule has 0 aliphatic heterocycles. The molecule has 6 nitrogen and oxygen atoms in total. The molecule has 2 heterocycles. The van der Waals surface area contributed by atoms with Crippen LogP contribution in [0.2, 0.25) is 0 Å². The second-order valence-corrected chi connectivity index (χ2v) is 8.12. The molecule has 1 amide bonds. The number of anilines is 1. The van der Waals surface area contributed by atoms with Crippen molar-refractivity contribution in [3.63, 3.8) is 0 Å². The summed E-state index contributed by atoms with van der Waals surface area (Å²) in [7, 11) is 0. The Bertz CT molecular complexity index is 1300. The molecule has 2 aromatic carbocycles. The fourth-order valence-corrected chi connectivity index (χ4v) is 4.00. The Balaban J connectivity index is 1.78. The van der Waals surface area contributed by atoms with Crippen molar-refractivity contribution in [2.24, 2.45) is 0 Å². The summed E-state index contributed by atoms with van der Waals surface area (Å²) in [5, 5.41) is 7.60. The summed E-state index contributed by atoms with van der Waals surface area (Å²) >= 11 is 1.25. The first-order chi connectivity index (χ1) is 14.9. The minimum Gasteiger partial charge on any atom is -0.298 e. The second kappa shape index (κ2) is 8.61. The molecular weight excluding hydrogens is 415 g/mol. The summed E-state index contributed by atoms with van der Waals surface area (Å²) in [5.74, 6) is -0.947. The van der Waals surface area contributed by atoms with Crippen LogP contribution in [0.4, 0.5) is 9.52 Å². The monoisotopic (exact) mass is 434 g/mol. The maximum absolute atomic E-state index is 13.5. The molecule has 0 radical (unpaired) electrons. The minimum absolute atomic E-state index is 0.104. The van der Waals surface area contributed by atoms with Gasteiger partial charge in [0, 0.05) is 17.2 Å². The van der Waals surface area contributed by atoms with Crippen LogP contribution < -0.4 is 10.9 Å². The molecule has 4 rings (SSSR count). The average Bonchev–Trinajstić information content (AvgIpc) is 3.18. The van der Waals surface area contributed by atoms with E-state index in [9.17, 15) is 14.0 Å². The van der Waals surface area contributed by atoms with Crippen molar-refractivity contribution in [3.8, 4) is 21.8 Å². The van der Waals surface area contributed by atoms with Crippen LogP contribution in [-0.2, 0) is 0 Å². The zero-order valence-electron chi connectivity index (χ0n) is 16.9. The molecule has 0 aliphatic carbocycles. The Kier molecular flexibility index (Phi) is 5.73. The average molecular weight is 434 g/mol. The van der Waals surface area contributed by atoms with Crippen LogP contribution in [0.15, 0.2) is 71.5 Å². The number of hydrogen-bond donors (Lipinski definition) is 1. The molecule has 4 aromatic rings. The number of carbonyl (C=O) groups excluding carboxylic acids is 1. The van der Waals surface area contributed by atoms with E-state index in [1.807, 2.05) is 44.2 Å². The van der Waals surface area contributed by atoms with E-state index in [2.05, 4.69) is 15.4 Å². The summed E-state index contributed by atoms with van der Waals surface area (Å²) in [6, 6.07) is 18.0. The highest BCUT2D eigenvalue weighted by molar-refractivity contribution is 7.19. The molecular formula is C23H19FN4O2S. The predicted molar refractivity (Wildman–Crippen MR) is 120 cm³/mol. The van der Waals surface area contributed by atoms with Gasteiger partial charge in [0.2, 0.25) is 0 Å². The molecule has 0 saturated heterocycles. The topological polar surface area (TPSA) is 76.9 Å². The minimum atomic E-state index is -0.488. The van der Waals surface area contributed by atoms with Crippen molar-refractivity contribution in [3.05, 3.63) is 88.5 Å². The standard InChI is InChI=1S/C23H19FN4O2S/c1-14(2)28-19(29)12-11-18(27-28)21-20(15-7-4-3-5-8-15)25-23(31-21)26-22(30)16-9-6-10-17(24)13-16/h3-14H,1-2H3,(H,25,26,30). The number of benzene rings is 2. The van der Waals surface area contributed by atoms with Gasteiger partial charge in [0.05, 0.1) is 16.6 Å². The normalized spacial score (nSPS) is 11.0. The molecule has 8 heteroatoms. The maximum atomic E-state index is 13.5. The van der Waals surface area contributed by atoms with Crippen LogP contribution in [0, 0.1) is 5.82 Å². The van der Waals surface area contributed by atoms with Gasteiger partial charge in [0.25, 0.3) is 11.5 Å². The van der Waals surface area contributed by atoms with Crippen LogP contribution in [0.3, 0.4) is 0 Å². The Morgan fingerprint density at radius 1 is 1.06 bits per heavy atom. The van der Waals surface area contributed by atoms with E-state index in [4.69, 9.17) is 0 Å². The van der Waals surface area contributed by atoms with Crippen LogP contribution >= 0.6 is 11.3 Å². The SMILES string of the molecule is CC(C)n1nc(-c2sc(NC(=O)c3cccc(F)c3)nc2-c2ccccc2)ccc1=O. The van der Waals surface area contributed by atoms with Crippen LogP contribution in [0.5, 0.6) is 0 Å². The molecule has 2 aromatic heterocycles. The molecule has 0 fully saturated rings. The number of rotatable bonds is 5. The molecule has 1 N–H and O–H groups in total. The summed E-state index contributed by atoms with van der Waals surface area (Å²) in [4.78, 5) is 30.0. The van der Waals surface area contributed by atoms with Gasteiger partial charge < -0.3 is 0 Å². The third kappa shape index (κ3) is 4.44. The van der Waals surface area contributed by atoms with E-state index < -0.39 is 11.7 Å². The number of nitrogens with one attached hydrogen (secondary N) is 1. The van der Waals surface area contributed by atoms with Gasteiger partial charge in [-0.25, -0.2) is 14.1 Å². The van der Waals surface area contributed by atoms with Crippen LogP contribution in [-0.4, -0.2) is 20.7 Å². The number of hydrogen-bond acceptors (Lipinski definition) is 5. The lowest BCUT2D eigenvalue weighted by molar-refractivity contribution is 0.102. The molecule has 0 aliphatic rings. The number of nitrogens with zero attached hydrogens (tertiary/aromatic N) is 3. The Morgan fingerprint density at radius 3 is 2.55 bits per heavy atom. The zero-order valence-corrected chi connectivity index (χ0v) is 17.7. The summed E-state index contributed by atoms with van der Waals surface area (Å²) < 4.78 is 14.9. The number of carbonyl (C=O) groups is 1. The van der Waals surface area contributed by atoms with Gasteiger partial charge in [-0.15, -0.1) is 0 Å². The van der Waals surface area contributed by atoms with Crippen LogP contribution in [0.1, 0.15) is 30.2 Å². The summed E-state index contributed by atoms with van der Waals surface area (Å²) in [5.41, 5.74) is 2.08. The molecule has 0 spiro atoms. The van der Waals surface area contributed by atoms with Gasteiger partial charge in [0.1, 0.15) is 11.5 Å². The molecule has 31 heavy (non-hydrogen) atoms. The first kappa shape index (κ1) is 20.6. The predicted octanol–water partition coefficient (Wildman–Crippen LogP) is 5.01. The number of aromatic nitrogens is 3. The largest absolute Gasteiger partial charge is 0.298 e. The molecule has 0 bridgehead atoms. The highest BCUT2D eigenvalue weighted by atomic mass is 32.1. The van der Waals surface area contributed by atoms with Gasteiger partial charge in [-0.1, -0.05) is 47.7 Å². The number of amides is 1. The Labute approximate surface area is 182 Å². The quantitative estimate of drug-likeness (QED) is 0.479. The first-order valence-corrected chi connectivity index (χ1v) is 10.5. The first-order valence-electron chi connectivity index (χ1n) is 9.66. The smallest absolute Gasteiger partial charge is 0.267 e. The van der Waals surface area contributed by atoms with Crippen molar-refractivity contribution >= 4 is 22.4 Å². The zero-order chi connectivity index (χ0) is 22.0. The van der Waals surface area contributed by atoms with E-state index in [-0.39, 0.29) is 17.2 Å². The van der Waals surface area contributed by atoms with E-state index in [0.717, 1.165) is 10.4 Å². The van der Waals surface area contributed by atoms with Crippen molar-refractivity contribution in [1.29, 1.82) is 0 Å². The molecule has 156 valence electrons. The van der Waals surface area contributed by atoms with E-state index in [1.165, 1.54) is 46.4 Å². The van der Waals surface area contributed by atoms with Crippen LogP contribution in [0.25, 0.3) is 21.8 Å². The van der Waals surface area contributed by atoms with Crippen molar-refractivity contribution in [1.82, 2.24) is 14.8 Å². The summed E-state index contributed by atoms with van der Waals surface area (Å²) in [6.45, 7) is 3.77. The van der Waals surface area contributed by atoms with Gasteiger partial charge in [-0.3, -0.25) is 14.9 Å². The Hall–Kier alpha value is -3.65.